The molecular weight excluding hydrogens is 304 g/mol. The Hall–Kier alpha value is -1.70. The number of benzene rings is 1. The standard InChI is InChI=1S/C15H18N2O4S/c1-17-5-4-16-15(17)22-9-12(18)8-19-7-11-2-3-13-14(6-11)21-10-20-13/h2-6,12,18H,7-10H2,1H3/t12-/m1/s1. The summed E-state index contributed by atoms with van der Waals surface area (Å²) in [5, 5.41) is 10.8. The zero-order valence-electron chi connectivity index (χ0n) is 12.3. The lowest BCUT2D eigenvalue weighted by Crippen LogP contribution is -2.18. The van der Waals surface area contributed by atoms with Crippen LogP contribution in [0.3, 0.4) is 0 Å². The average molecular weight is 322 g/mol. The second kappa shape index (κ2) is 7.04. The van der Waals surface area contributed by atoms with Gasteiger partial charge in [0.1, 0.15) is 0 Å². The molecule has 0 fully saturated rings. The molecule has 118 valence electrons. The quantitative estimate of drug-likeness (QED) is 0.785. The van der Waals surface area contributed by atoms with Crippen LogP contribution in [0.2, 0.25) is 0 Å². The number of aromatic nitrogens is 2. The summed E-state index contributed by atoms with van der Waals surface area (Å²) in [6.45, 7) is 0.982. The fourth-order valence-electron chi connectivity index (χ4n) is 2.05. The summed E-state index contributed by atoms with van der Waals surface area (Å²) in [5.74, 6) is 2.05. The van der Waals surface area contributed by atoms with Gasteiger partial charge in [0.05, 0.1) is 19.3 Å². The van der Waals surface area contributed by atoms with Gasteiger partial charge in [-0.2, -0.15) is 0 Å². The van der Waals surface area contributed by atoms with Crippen molar-refractivity contribution in [3.8, 4) is 11.5 Å². The van der Waals surface area contributed by atoms with Gasteiger partial charge in [-0.25, -0.2) is 4.98 Å². The summed E-state index contributed by atoms with van der Waals surface area (Å²) >= 11 is 1.51. The number of hydrogen-bond acceptors (Lipinski definition) is 6. The van der Waals surface area contributed by atoms with Gasteiger partial charge in [-0.05, 0) is 17.7 Å². The maximum Gasteiger partial charge on any atom is 0.231 e. The SMILES string of the molecule is Cn1ccnc1SC[C@H](O)COCc1ccc2c(c1)OCO2. The highest BCUT2D eigenvalue weighted by atomic mass is 32.2. The van der Waals surface area contributed by atoms with Crippen molar-refractivity contribution in [3.05, 3.63) is 36.2 Å². The molecule has 0 bridgehead atoms. The molecule has 2 heterocycles. The van der Waals surface area contributed by atoms with E-state index in [2.05, 4.69) is 4.98 Å². The molecular formula is C15H18N2O4S. The summed E-state index contributed by atoms with van der Waals surface area (Å²) < 4.78 is 18.1. The number of nitrogens with zero attached hydrogens (tertiary/aromatic N) is 2. The molecule has 6 nitrogen and oxygen atoms in total. The van der Waals surface area contributed by atoms with Gasteiger partial charge in [-0.15, -0.1) is 0 Å². The number of aliphatic hydroxyl groups excluding tert-OH is 1. The Morgan fingerprint density at radius 1 is 1.41 bits per heavy atom. The second-order valence-corrected chi connectivity index (χ2v) is 5.98. The van der Waals surface area contributed by atoms with Crippen LogP contribution in [0, 0.1) is 0 Å². The molecule has 1 aliphatic heterocycles. The summed E-state index contributed by atoms with van der Waals surface area (Å²) in [5.41, 5.74) is 0.994. The Labute approximate surface area is 133 Å². The van der Waals surface area contributed by atoms with E-state index in [1.165, 1.54) is 11.8 Å². The fraction of sp³-hybridized carbons (Fsp3) is 0.400. The van der Waals surface area contributed by atoms with Crippen molar-refractivity contribution in [2.45, 2.75) is 17.9 Å². The van der Waals surface area contributed by atoms with Crippen LogP contribution in [0.25, 0.3) is 0 Å². The molecule has 0 amide bonds. The summed E-state index contributed by atoms with van der Waals surface area (Å²) in [4.78, 5) is 4.20. The molecule has 0 saturated heterocycles. The van der Waals surface area contributed by atoms with Crippen molar-refractivity contribution >= 4 is 11.8 Å². The normalized spacial score (nSPS) is 14.3. The van der Waals surface area contributed by atoms with Gasteiger partial charge < -0.3 is 23.9 Å². The van der Waals surface area contributed by atoms with E-state index in [9.17, 15) is 5.11 Å². The zero-order valence-corrected chi connectivity index (χ0v) is 13.1. The molecule has 2 aromatic rings. The largest absolute Gasteiger partial charge is 0.454 e. The Bertz CT molecular complexity index is 632. The Kier molecular flexibility index (Phi) is 4.87. The molecule has 3 rings (SSSR count). The van der Waals surface area contributed by atoms with Crippen LogP contribution in [0.5, 0.6) is 11.5 Å². The summed E-state index contributed by atoms with van der Waals surface area (Å²) in [6.07, 6.45) is 3.09. The molecule has 0 unspecified atom stereocenters. The monoisotopic (exact) mass is 322 g/mol. The molecule has 1 aromatic heterocycles. The average Bonchev–Trinajstić information content (AvgIpc) is 3.13. The Balaban J connectivity index is 1.40. The van der Waals surface area contributed by atoms with Crippen LogP contribution in [0.15, 0.2) is 35.7 Å². The summed E-state index contributed by atoms with van der Waals surface area (Å²) in [7, 11) is 1.93. The molecule has 7 heteroatoms. The van der Waals surface area contributed by atoms with E-state index in [1.807, 2.05) is 36.0 Å². The van der Waals surface area contributed by atoms with E-state index in [1.54, 1.807) is 6.20 Å². The predicted molar refractivity (Wildman–Crippen MR) is 82.2 cm³/mol. The maximum atomic E-state index is 9.94. The first-order chi connectivity index (χ1) is 10.7. The van der Waals surface area contributed by atoms with Crippen molar-refractivity contribution in [3.63, 3.8) is 0 Å². The van der Waals surface area contributed by atoms with E-state index in [-0.39, 0.29) is 13.4 Å². The Morgan fingerprint density at radius 2 is 2.27 bits per heavy atom. The molecule has 0 radical (unpaired) electrons. The maximum absolute atomic E-state index is 9.94. The predicted octanol–water partition coefficient (Wildman–Crippen LogP) is 1.82. The van der Waals surface area contributed by atoms with Crippen LogP contribution in [0.4, 0.5) is 0 Å². The highest BCUT2D eigenvalue weighted by molar-refractivity contribution is 7.99. The number of fused-ring (bicyclic) bond motifs is 1. The number of imidazole rings is 1. The zero-order chi connectivity index (χ0) is 15.4. The molecule has 1 aliphatic rings. The number of aliphatic hydroxyl groups is 1. The van der Waals surface area contributed by atoms with Gasteiger partial charge in [0.25, 0.3) is 0 Å². The first kappa shape index (κ1) is 15.2. The lowest BCUT2D eigenvalue weighted by molar-refractivity contribution is 0.0397. The van der Waals surface area contributed by atoms with E-state index in [0.717, 1.165) is 22.2 Å². The minimum atomic E-state index is -0.532. The van der Waals surface area contributed by atoms with Gasteiger partial charge in [0.15, 0.2) is 16.7 Å². The van der Waals surface area contributed by atoms with Crippen LogP contribution >= 0.6 is 11.8 Å². The second-order valence-electron chi connectivity index (χ2n) is 4.99. The third kappa shape index (κ3) is 3.73. The van der Waals surface area contributed by atoms with Crippen molar-refractivity contribution in [2.75, 3.05) is 19.2 Å². The van der Waals surface area contributed by atoms with Gasteiger partial charge in [0, 0.05) is 25.2 Å². The molecule has 1 N–H and O–H groups in total. The highest BCUT2D eigenvalue weighted by Gasteiger charge is 2.13. The lowest BCUT2D eigenvalue weighted by Gasteiger charge is -2.11. The number of thioether (sulfide) groups is 1. The third-order valence-electron chi connectivity index (χ3n) is 3.20. The van der Waals surface area contributed by atoms with Crippen molar-refractivity contribution in [1.29, 1.82) is 0 Å². The Morgan fingerprint density at radius 3 is 3.09 bits per heavy atom. The summed E-state index contributed by atoms with van der Waals surface area (Å²) in [6, 6.07) is 5.70. The molecule has 1 atom stereocenters. The van der Waals surface area contributed by atoms with Crippen LogP contribution in [-0.2, 0) is 18.4 Å². The van der Waals surface area contributed by atoms with Crippen molar-refractivity contribution in [2.24, 2.45) is 7.05 Å². The smallest absolute Gasteiger partial charge is 0.231 e. The molecule has 0 saturated carbocycles. The molecule has 22 heavy (non-hydrogen) atoms. The van der Waals surface area contributed by atoms with Gasteiger partial charge in [-0.1, -0.05) is 17.8 Å². The van der Waals surface area contributed by atoms with Gasteiger partial charge in [0.2, 0.25) is 6.79 Å². The number of ether oxygens (including phenoxy) is 3. The van der Waals surface area contributed by atoms with E-state index < -0.39 is 6.10 Å². The number of aryl methyl sites for hydroxylation is 1. The lowest BCUT2D eigenvalue weighted by atomic mass is 10.2. The first-order valence-corrected chi connectivity index (χ1v) is 7.95. The first-order valence-electron chi connectivity index (χ1n) is 6.97. The van der Waals surface area contributed by atoms with Crippen molar-refractivity contribution < 1.29 is 19.3 Å². The van der Waals surface area contributed by atoms with Crippen LogP contribution < -0.4 is 9.47 Å². The fourth-order valence-corrected chi connectivity index (χ4v) is 2.89. The van der Waals surface area contributed by atoms with Crippen LogP contribution in [-0.4, -0.2) is 39.9 Å². The molecule has 0 aliphatic carbocycles. The van der Waals surface area contributed by atoms with E-state index in [0.29, 0.717) is 12.4 Å². The number of rotatable bonds is 7. The van der Waals surface area contributed by atoms with E-state index >= 15 is 0 Å². The van der Waals surface area contributed by atoms with Gasteiger partial charge in [-0.3, -0.25) is 0 Å². The highest BCUT2D eigenvalue weighted by Crippen LogP contribution is 2.32. The number of hydrogen-bond donors (Lipinski definition) is 1. The molecule has 1 aromatic carbocycles. The topological polar surface area (TPSA) is 65.7 Å². The molecule has 0 spiro atoms. The minimum absolute atomic E-state index is 0.267. The van der Waals surface area contributed by atoms with Gasteiger partial charge >= 0.3 is 0 Å². The van der Waals surface area contributed by atoms with E-state index in [4.69, 9.17) is 14.2 Å². The van der Waals surface area contributed by atoms with Crippen molar-refractivity contribution in [1.82, 2.24) is 9.55 Å². The van der Waals surface area contributed by atoms with Crippen LogP contribution in [0.1, 0.15) is 5.56 Å². The third-order valence-corrected chi connectivity index (χ3v) is 4.40. The minimum Gasteiger partial charge on any atom is -0.454 e.